The van der Waals surface area contributed by atoms with Gasteiger partial charge in [0.15, 0.2) is 0 Å². The largest absolute Gasteiger partial charge is 0.446 e. The minimum absolute atomic E-state index is 3.36. The van der Waals surface area contributed by atoms with Crippen molar-refractivity contribution in [3.63, 3.8) is 0 Å². The first kappa shape index (κ1) is 36.0. The first-order chi connectivity index (χ1) is 16.5. The highest BCUT2D eigenvalue weighted by atomic mass is 31.2. The molecule has 24 heteroatoms. The summed E-state index contributed by atoms with van der Waals surface area (Å²) in [6.07, 6.45) is -33.8. The number of allylic oxidation sites excluding steroid dienone is 4. The van der Waals surface area contributed by atoms with Gasteiger partial charge in [-0.2, -0.15) is 87.8 Å². The van der Waals surface area contributed by atoms with Crippen LogP contribution in [0.1, 0.15) is 0 Å². The molecule has 0 aromatic rings. The van der Waals surface area contributed by atoms with Gasteiger partial charge >= 0.3 is 24.7 Å². The van der Waals surface area contributed by atoms with E-state index in [1.165, 1.54) is 0 Å². The summed E-state index contributed by atoms with van der Waals surface area (Å²) in [6.45, 7) is 0. The Kier molecular flexibility index (Phi) is 10.7. The van der Waals surface area contributed by atoms with Crippen LogP contribution in [0.2, 0.25) is 0 Å². The monoisotopic (exact) mass is 646 g/mol. The molecule has 0 bridgehead atoms. The first-order valence-electron chi connectivity index (χ1n) is 8.17. The summed E-state index contributed by atoms with van der Waals surface area (Å²) >= 11 is 0. The summed E-state index contributed by atoms with van der Waals surface area (Å²) in [6, 6.07) is 0. The van der Waals surface area contributed by atoms with Crippen LogP contribution in [0.15, 0.2) is 45.6 Å². The molecule has 0 fully saturated rings. The summed E-state index contributed by atoms with van der Waals surface area (Å²) < 4.78 is 281. The molecule has 0 N–H and O–H groups in total. The van der Waals surface area contributed by atoms with Crippen molar-refractivity contribution < 1.29 is 96.9 Å². The van der Waals surface area contributed by atoms with Crippen molar-refractivity contribution in [3.05, 3.63) is 45.6 Å². The predicted octanol–water partition coefficient (Wildman–Crippen LogP) is 10.4. The lowest BCUT2D eigenvalue weighted by molar-refractivity contribution is -0.111. The summed E-state index contributed by atoms with van der Waals surface area (Å²) in [5, 5.41) is 0. The molecular formula is C14H4F20O2P2. The van der Waals surface area contributed by atoms with Gasteiger partial charge in [0.25, 0.3) is 0 Å². The molecule has 0 atom stereocenters. The highest BCUT2D eigenvalue weighted by molar-refractivity contribution is 7.75. The second-order valence-electron chi connectivity index (χ2n) is 6.34. The van der Waals surface area contributed by atoms with Crippen molar-refractivity contribution in [1.82, 2.24) is 0 Å². The quantitative estimate of drug-likeness (QED) is 0.204. The van der Waals surface area contributed by atoms with Crippen LogP contribution in [0.25, 0.3) is 0 Å². The molecule has 0 rings (SSSR count). The molecule has 38 heavy (non-hydrogen) atoms. The van der Waals surface area contributed by atoms with E-state index in [1.54, 1.807) is 0 Å². The molecule has 0 aliphatic rings. The molecule has 0 saturated heterocycles. The van der Waals surface area contributed by atoms with Crippen molar-refractivity contribution in [2.45, 2.75) is 24.7 Å². The summed E-state index contributed by atoms with van der Waals surface area (Å²) in [7, 11) is -15.3. The zero-order chi connectivity index (χ0) is 31.0. The molecule has 0 aromatic heterocycles. The first-order valence-corrected chi connectivity index (χ1v) is 12.0. The van der Waals surface area contributed by atoms with Gasteiger partial charge in [-0.1, -0.05) is 0 Å². The Morgan fingerprint density at radius 1 is 0.368 bits per heavy atom. The Balaban J connectivity index is 7.62. The number of rotatable bonds is 7. The van der Waals surface area contributed by atoms with E-state index in [2.05, 4.69) is 0 Å². The summed E-state index contributed by atoms with van der Waals surface area (Å²) in [5.74, 6) is -17.8. The van der Waals surface area contributed by atoms with Crippen LogP contribution < -0.4 is 0 Å². The fourth-order valence-corrected chi connectivity index (χ4v) is 7.11. The highest BCUT2D eigenvalue weighted by Gasteiger charge is 2.54. The Hall–Kier alpha value is -1.98. The van der Waals surface area contributed by atoms with Crippen LogP contribution in [-0.2, 0) is 9.13 Å². The zero-order valence-corrected chi connectivity index (χ0v) is 18.5. The van der Waals surface area contributed by atoms with Gasteiger partial charge in [-0.05, 0) is 0 Å². The Bertz CT molecular complexity index is 972. The van der Waals surface area contributed by atoms with Crippen LogP contribution in [-0.4, -0.2) is 37.0 Å². The smallest absolute Gasteiger partial charge is 0.309 e. The molecule has 0 saturated carbocycles. The average Bonchev–Trinajstić information content (AvgIpc) is 2.75. The van der Waals surface area contributed by atoms with Crippen molar-refractivity contribution >= 4 is 14.3 Å². The fourth-order valence-electron chi connectivity index (χ4n) is 1.95. The Morgan fingerprint density at radius 3 is 0.605 bits per heavy atom. The average molecular weight is 646 g/mol. The van der Waals surface area contributed by atoms with Crippen molar-refractivity contribution in [3.8, 4) is 0 Å². The number of hydrogen-bond donors (Lipinski definition) is 0. The lowest BCUT2D eigenvalue weighted by Gasteiger charge is -2.21. The van der Waals surface area contributed by atoms with Gasteiger partial charge in [0.05, 0.1) is 0 Å². The molecule has 0 aliphatic heterocycles. The molecule has 0 aliphatic carbocycles. The van der Waals surface area contributed by atoms with Gasteiger partial charge in [-0.25, -0.2) is 0 Å². The van der Waals surface area contributed by atoms with Gasteiger partial charge in [0.2, 0.25) is 59.9 Å². The van der Waals surface area contributed by atoms with E-state index in [0.717, 1.165) is 0 Å². The van der Waals surface area contributed by atoms with Crippen LogP contribution >= 0.6 is 14.3 Å². The maximum absolute atomic E-state index is 13.9. The van der Waals surface area contributed by atoms with E-state index >= 15 is 0 Å². The summed E-state index contributed by atoms with van der Waals surface area (Å²) in [4.78, 5) is 0. The molecule has 222 valence electrons. The van der Waals surface area contributed by atoms with Crippen molar-refractivity contribution in [2.24, 2.45) is 0 Å². The third-order valence-electron chi connectivity index (χ3n) is 3.72. The number of hydrogen-bond acceptors (Lipinski definition) is 2. The molecular weight excluding hydrogens is 642 g/mol. The van der Waals surface area contributed by atoms with Crippen LogP contribution in [0.4, 0.5) is 87.8 Å². The number of halogens is 20. The Labute approximate surface area is 195 Å². The van der Waals surface area contributed by atoms with E-state index in [-0.39, 0.29) is 0 Å². The molecule has 0 spiro atoms. The molecule has 0 aromatic carbocycles. The van der Waals surface area contributed by atoms with Gasteiger partial charge in [0.1, 0.15) is 0 Å². The van der Waals surface area contributed by atoms with E-state index in [4.69, 9.17) is 0 Å². The maximum atomic E-state index is 13.9. The standard InChI is InChI=1S/C14H4F20O2P2/c15-3(11(23,24)25)7(19)37(35,8(20)4(16)12(26,27)28)1-2-38(36,9(21)5(17)13(29,30)31)10(22)6(18)14(32,33)34/h1-2H2/b7-3+,8-4+,9-5+,10-6+. The van der Waals surface area contributed by atoms with Gasteiger partial charge in [-0.15, -0.1) is 0 Å². The lowest BCUT2D eigenvalue weighted by atomic mass is 10.6. The van der Waals surface area contributed by atoms with Gasteiger partial charge in [-0.3, -0.25) is 0 Å². The van der Waals surface area contributed by atoms with Crippen molar-refractivity contribution in [1.29, 1.82) is 0 Å². The molecule has 0 unspecified atom stereocenters. The lowest BCUT2D eigenvalue weighted by Crippen LogP contribution is -2.16. The predicted molar refractivity (Wildman–Crippen MR) is 86.1 cm³/mol. The highest BCUT2D eigenvalue weighted by Crippen LogP contribution is 2.72. The zero-order valence-electron chi connectivity index (χ0n) is 16.7. The fraction of sp³-hybridized carbons (Fsp3) is 0.429. The SMILES string of the molecule is O=P(CCP(=O)(/C(F)=C(/F)C(F)(F)F)/C(F)=C(/F)C(F)(F)F)(/C(F)=C(/F)C(F)(F)F)/C(F)=C(/F)C(F)(F)F. The maximum Gasteiger partial charge on any atom is 0.446 e. The minimum atomic E-state index is -7.65. The van der Waals surface area contributed by atoms with Crippen LogP contribution in [0, 0.1) is 0 Å². The molecule has 0 amide bonds. The van der Waals surface area contributed by atoms with Gasteiger partial charge in [0, 0.05) is 12.3 Å². The normalized spacial score (nSPS) is 17.5. The minimum Gasteiger partial charge on any atom is -0.309 e. The van der Waals surface area contributed by atoms with E-state index in [0.29, 0.717) is 0 Å². The topological polar surface area (TPSA) is 34.1 Å². The second-order valence-corrected chi connectivity index (χ2v) is 11.8. The number of alkyl halides is 12. The molecule has 2 nitrogen and oxygen atoms in total. The third kappa shape index (κ3) is 7.79. The molecule has 0 radical (unpaired) electrons. The summed E-state index contributed by atoms with van der Waals surface area (Å²) in [5.41, 5.74) is -17.2. The van der Waals surface area contributed by atoms with E-state index in [9.17, 15) is 96.9 Å². The second kappa shape index (κ2) is 11.3. The van der Waals surface area contributed by atoms with Gasteiger partial charge < -0.3 is 9.13 Å². The van der Waals surface area contributed by atoms with E-state index < -0.39 is 96.9 Å². The third-order valence-corrected chi connectivity index (χ3v) is 9.10. The van der Waals surface area contributed by atoms with Crippen LogP contribution in [0.3, 0.4) is 0 Å². The Morgan fingerprint density at radius 2 is 0.500 bits per heavy atom. The van der Waals surface area contributed by atoms with Crippen molar-refractivity contribution in [2.75, 3.05) is 12.3 Å². The van der Waals surface area contributed by atoms with Crippen LogP contribution in [0.5, 0.6) is 0 Å². The molecule has 0 heterocycles. The van der Waals surface area contributed by atoms with E-state index in [1.807, 2.05) is 0 Å².